The Hall–Kier alpha value is -2.23. The molecule has 1 heterocycles. The largest absolute Gasteiger partial charge is 0.418 e. The number of hydrogen-bond acceptors (Lipinski definition) is 1. The molecule has 1 N–H and O–H groups in total. The van der Waals surface area contributed by atoms with E-state index in [9.17, 15) is 13.2 Å². The summed E-state index contributed by atoms with van der Waals surface area (Å²) in [6.07, 6.45) is 0.686. The Morgan fingerprint density at radius 2 is 1.77 bits per heavy atom. The molecule has 2 aliphatic rings. The zero-order valence-corrected chi connectivity index (χ0v) is 14.8. The summed E-state index contributed by atoms with van der Waals surface area (Å²) in [7, 11) is 0. The van der Waals surface area contributed by atoms with Gasteiger partial charge in [0.2, 0.25) is 0 Å². The van der Waals surface area contributed by atoms with E-state index in [1.165, 1.54) is 17.7 Å². The molecule has 0 unspecified atom stereocenters. The predicted molar refractivity (Wildman–Crippen MR) is 98.3 cm³/mol. The lowest BCUT2D eigenvalue weighted by Crippen LogP contribution is -2.30. The molecule has 0 fully saturated rings. The standard InChI is InChI=1S/C22H22F3N/c1-13(2)14-9-11-15(12-10-14)20-17-6-3-5-16(17)18-7-4-8-19(21(18)26-20)22(23,24)25/h3-5,7-13,16-17,20,26H,6H2,1-2H3/t16-,17-,20-/m0/s1. The van der Waals surface area contributed by atoms with E-state index in [0.717, 1.165) is 17.5 Å². The van der Waals surface area contributed by atoms with Crippen molar-refractivity contribution in [1.82, 2.24) is 0 Å². The van der Waals surface area contributed by atoms with E-state index in [4.69, 9.17) is 0 Å². The summed E-state index contributed by atoms with van der Waals surface area (Å²) in [5.41, 5.74) is 2.72. The SMILES string of the molecule is CC(C)c1ccc([C@@H]2Nc3c(cccc3C(F)(F)F)[C@H]3C=CC[C@@H]32)cc1. The van der Waals surface area contributed by atoms with Gasteiger partial charge in [-0.15, -0.1) is 0 Å². The van der Waals surface area contributed by atoms with Crippen molar-refractivity contribution in [2.75, 3.05) is 5.32 Å². The first-order valence-electron chi connectivity index (χ1n) is 9.09. The number of anilines is 1. The number of nitrogens with one attached hydrogen (secondary N) is 1. The maximum absolute atomic E-state index is 13.5. The maximum atomic E-state index is 13.5. The van der Waals surface area contributed by atoms with Crippen LogP contribution in [0.25, 0.3) is 0 Å². The molecular formula is C22H22F3N. The van der Waals surface area contributed by atoms with Crippen LogP contribution in [0.3, 0.4) is 0 Å². The van der Waals surface area contributed by atoms with E-state index in [1.54, 1.807) is 0 Å². The first-order chi connectivity index (χ1) is 12.4. The molecule has 0 spiro atoms. The molecule has 0 aromatic heterocycles. The summed E-state index contributed by atoms with van der Waals surface area (Å²) in [6, 6.07) is 12.7. The highest BCUT2D eigenvalue weighted by atomic mass is 19.4. The van der Waals surface area contributed by atoms with Gasteiger partial charge in [0.1, 0.15) is 0 Å². The van der Waals surface area contributed by atoms with E-state index < -0.39 is 11.7 Å². The van der Waals surface area contributed by atoms with Gasteiger partial charge in [-0.2, -0.15) is 13.2 Å². The van der Waals surface area contributed by atoms with Crippen LogP contribution in [0, 0.1) is 5.92 Å². The minimum atomic E-state index is -4.36. The quantitative estimate of drug-likeness (QED) is 0.593. The van der Waals surface area contributed by atoms with Gasteiger partial charge in [0.05, 0.1) is 17.3 Å². The minimum absolute atomic E-state index is 0.0309. The van der Waals surface area contributed by atoms with Crippen LogP contribution in [0.1, 0.15) is 60.4 Å². The van der Waals surface area contributed by atoms with Gasteiger partial charge in [0, 0.05) is 5.92 Å². The van der Waals surface area contributed by atoms with Crippen LogP contribution in [0.5, 0.6) is 0 Å². The Bertz CT molecular complexity index is 833. The predicted octanol–water partition coefficient (Wildman–Crippen LogP) is 6.66. The average molecular weight is 357 g/mol. The number of halogens is 3. The van der Waals surface area contributed by atoms with Gasteiger partial charge >= 0.3 is 6.18 Å². The second-order valence-electron chi connectivity index (χ2n) is 7.56. The minimum Gasteiger partial charge on any atom is -0.377 e. The summed E-state index contributed by atoms with van der Waals surface area (Å²) in [6.45, 7) is 4.27. The molecule has 3 atom stereocenters. The first-order valence-corrected chi connectivity index (χ1v) is 9.09. The van der Waals surface area contributed by atoms with Crippen LogP contribution in [0.15, 0.2) is 54.6 Å². The molecule has 0 amide bonds. The van der Waals surface area contributed by atoms with E-state index in [2.05, 4.69) is 55.6 Å². The van der Waals surface area contributed by atoms with Crippen LogP contribution >= 0.6 is 0 Å². The Balaban J connectivity index is 1.78. The van der Waals surface area contributed by atoms with Crippen LogP contribution in [0.2, 0.25) is 0 Å². The molecule has 4 rings (SSSR count). The van der Waals surface area contributed by atoms with Crippen molar-refractivity contribution in [1.29, 1.82) is 0 Å². The number of allylic oxidation sites excluding steroid dienone is 2. The number of hydrogen-bond donors (Lipinski definition) is 1. The molecule has 26 heavy (non-hydrogen) atoms. The highest BCUT2D eigenvalue weighted by Crippen LogP contribution is 2.52. The lowest BCUT2D eigenvalue weighted by atomic mass is 9.76. The maximum Gasteiger partial charge on any atom is 0.418 e. The summed E-state index contributed by atoms with van der Waals surface area (Å²) in [5, 5.41) is 3.25. The van der Waals surface area contributed by atoms with Gasteiger partial charge < -0.3 is 5.32 Å². The molecule has 4 heteroatoms. The monoisotopic (exact) mass is 357 g/mol. The number of para-hydroxylation sites is 1. The van der Waals surface area contributed by atoms with Crippen LogP contribution in [-0.2, 0) is 6.18 Å². The second kappa shape index (κ2) is 6.19. The van der Waals surface area contributed by atoms with Crippen molar-refractivity contribution in [2.24, 2.45) is 5.92 Å². The summed E-state index contributed by atoms with van der Waals surface area (Å²) >= 11 is 0. The van der Waals surface area contributed by atoms with Crippen LogP contribution < -0.4 is 5.32 Å². The van der Waals surface area contributed by atoms with E-state index in [0.29, 0.717) is 5.92 Å². The Labute approximate surface area is 151 Å². The lowest BCUT2D eigenvalue weighted by molar-refractivity contribution is -0.137. The average Bonchev–Trinajstić information content (AvgIpc) is 3.09. The van der Waals surface area contributed by atoms with Crippen molar-refractivity contribution in [3.8, 4) is 0 Å². The van der Waals surface area contributed by atoms with Crippen molar-refractivity contribution >= 4 is 5.69 Å². The van der Waals surface area contributed by atoms with Gasteiger partial charge in [-0.25, -0.2) is 0 Å². The Kier molecular flexibility index (Phi) is 4.09. The van der Waals surface area contributed by atoms with E-state index >= 15 is 0 Å². The van der Waals surface area contributed by atoms with Gasteiger partial charge in [-0.05, 0) is 41.0 Å². The highest BCUT2D eigenvalue weighted by Gasteiger charge is 2.42. The number of fused-ring (bicyclic) bond motifs is 3. The van der Waals surface area contributed by atoms with Crippen LogP contribution in [0.4, 0.5) is 18.9 Å². The smallest absolute Gasteiger partial charge is 0.377 e. The Morgan fingerprint density at radius 1 is 1.04 bits per heavy atom. The van der Waals surface area contributed by atoms with Crippen molar-refractivity contribution in [3.05, 3.63) is 76.9 Å². The lowest BCUT2D eigenvalue weighted by Gasteiger charge is -2.38. The van der Waals surface area contributed by atoms with Crippen LogP contribution in [-0.4, -0.2) is 0 Å². The van der Waals surface area contributed by atoms with Crippen molar-refractivity contribution in [3.63, 3.8) is 0 Å². The first kappa shape index (κ1) is 17.2. The summed E-state index contributed by atoms with van der Waals surface area (Å²) in [5.74, 6) is 0.709. The zero-order chi connectivity index (χ0) is 18.5. The number of alkyl halides is 3. The molecular weight excluding hydrogens is 335 g/mol. The molecule has 1 aliphatic carbocycles. The molecule has 136 valence electrons. The molecule has 0 bridgehead atoms. The summed E-state index contributed by atoms with van der Waals surface area (Å²) < 4.78 is 40.6. The molecule has 0 saturated carbocycles. The van der Waals surface area contributed by atoms with Gasteiger partial charge in [-0.3, -0.25) is 0 Å². The fourth-order valence-corrected chi connectivity index (χ4v) is 4.28. The van der Waals surface area contributed by atoms with Crippen molar-refractivity contribution in [2.45, 2.75) is 44.3 Å². The molecule has 2 aromatic rings. The van der Waals surface area contributed by atoms with Crippen molar-refractivity contribution < 1.29 is 13.2 Å². The molecule has 1 aliphatic heterocycles. The molecule has 0 saturated heterocycles. The van der Waals surface area contributed by atoms with Gasteiger partial charge in [-0.1, -0.05) is 62.4 Å². The second-order valence-corrected chi connectivity index (χ2v) is 7.56. The highest BCUT2D eigenvalue weighted by molar-refractivity contribution is 5.65. The van der Waals surface area contributed by atoms with E-state index in [1.807, 2.05) is 6.07 Å². The third-order valence-corrected chi connectivity index (χ3v) is 5.66. The van der Waals surface area contributed by atoms with Gasteiger partial charge in [0.15, 0.2) is 0 Å². The Morgan fingerprint density at radius 3 is 2.42 bits per heavy atom. The third-order valence-electron chi connectivity index (χ3n) is 5.66. The molecule has 1 nitrogen and oxygen atoms in total. The number of rotatable bonds is 2. The molecule has 2 aromatic carbocycles. The number of benzene rings is 2. The summed E-state index contributed by atoms with van der Waals surface area (Å²) in [4.78, 5) is 0. The molecule has 0 radical (unpaired) electrons. The fourth-order valence-electron chi connectivity index (χ4n) is 4.28. The fraction of sp³-hybridized carbons (Fsp3) is 0.364. The van der Waals surface area contributed by atoms with E-state index in [-0.39, 0.29) is 23.6 Å². The third kappa shape index (κ3) is 2.81. The zero-order valence-electron chi connectivity index (χ0n) is 14.8. The normalized spacial score (nSPS) is 24.3. The topological polar surface area (TPSA) is 12.0 Å². The van der Waals surface area contributed by atoms with Gasteiger partial charge in [0.25, 0.3) is 0 Å².